The first-order chi connectivity index (χ1) is 4.33. The van der Waals surface area contributed by atoms with Gasteiger partial charge in [-0.05, 0) is 0 Å². The smallest absolute Gasteiger partial charge is 0.147 e. The number of nitrogens with zero attached hydrogens (tertiary/aromatic N) is 2. The molecule has 0 fully saturated rings. The summed E-state index contributed by atoms with van der Waals surface area (Å²) in [6.07, 6.45) is 2.79. The van der Waals surface area contributed by atoms with E-state index >= 15 is 0 Å². The minimum absolute atomic E-state index is 0.267. The lowest BCUT2D eigenvalue weighted by molar-refractivity contribution is 0.173. The van der Waals surface area contributed by atoms with Crippen LogP contribution in [0.2, 0.25) is 5.15 Å². The average Bonchev–Trinajstić information content (AvgIpc) is 1.88. The molecular weight excluding hydrogens is 140 g/mol. The maximum atomic E-state index is 10.1. The molecule has 0 aliphatic carbocycles. The highest BCUT2D eigenvalue weighted by Gasteiger charge is 1.92. The van der Waals surface area contributed by atoms with Crippen LogP contribution in [0.4, 0.5) is 0 Å². The van der Waals surface area contributed by atoms with E-state index in [1.165, 1.54) is 12.4 Å². The van der Waals surface area contributed by atoms with Crippen molar-refractivity contribution in [3.05, 3.63) is 23.2 Å². The van der Waals surface area contributed by atoms with Crippen molar-refractivity contribution in [1.29, 1.82) is 0 Å². The molecule has 0 spiro atoms. The maximum absolute atomic E-state index is 10.1. The maximum Gasteiger partial charge on any atom is 0.147 e. The Morgan fingerprint density at radius 3 is 2.78 bits per heavy atom. The highest BCUT2D eigenvalue weighted by atomic mass is 35.5. The zero-order chi connectivity index (χ0) is 6.69. The van der Waals surface area contributed by atoms with Crippen LogP contribution in [0.1, 0.15) is 5.69 Å². The van der Waals surface area contributed by atoms with E-state index in [1.807, 2.05) is 0 Å². The molecule has 0 bridgehead atoms. The van der Waals surface area contributed by atoms with Crippen LogP contribution in [0.5, 0.6) is 0 Å². The van der Waals surface area contributed by atoms with Crippen LogP contribution in [0, 0.1) is 0 Å². The molecule has 0 amide bonds. The molecule has 4 heteroatoms. The van der Waals surface area contributed by atoms with Gasteiger partial charge in [-0.3, -0.25) is 4.98 Å². The number of hydrogen-bond donors (Lipinski definition) is 0. The molecule has 9 heavy (non-hydrogen) atoms. The molecule has 0 atom stereocenters. The predicted octanol–water partition coefficient (Wildman–Crippen LogP) is 1.06. The van der Waals surface area contributed by atoms with Gasteiger partial charge < -0.3 is 0 Å². The first-order valence-electron chi connectivity index (χ1n) is 2.37. The summed E-state index contributed by atoms with van der Waals surface area (Å²) in [6, 6.07) is 0. The van der Waals surface area contributed by atoms with E-state index in [4.69, 9.17) is 11.6 Å². The largest absolute Gasteiger partial charge is 0.260 e. The topological polar surface area (TPSA) is 45.7 Å². The first kappa shape index (κ1) is 6.45. The molecule has 0 aliphatic heterocycles. The van der Waals surface area contributed by atoms with Gasteiger partial charge in [-0.2, -0.15) is 0 Å². The van der Waals surface area contributed by atoms with E-state index in [0.717, 1.165) is 0 Å². The summed E-state index contributed by atoms with van der Waals surface area (Å²) in [4.78, 5) is 7.34. The van der Waals surface area contributed by atoms with Gasteiger partial charge in [0.25, 0.3) is 0 Å². The predicted molar refractivity (Wildman–Crippen MR) is 31.4 cm³/mol. The van der Waals surface area contributed by atoms with Gasteiger partial charge in [0, 0.05) is 0 Å². The van der Waals surface area contributed by atoms with Crippen molar-refractivity contribution >= 4 is 11.6 Å². The number of rotatable bonds is 1. The monoisotopic (exact) mass is 143 g/mol. The Morgan fingerprint density at radius 2 is 2.33 bits per heavy atom. The highest BCUT2D eigenvalue weighted by molar-refractivity contribution is 6.29. The SMILES string of the molecule is [O]Cc1cncc(Cl)n1. The molecular formula is C5H4ClN2O. The van der Waals surface area contributed by atoms with Gasteiger partial charge in [0.2, 0.25) is 0 Å². The highest BCUT2D eigenvalue weighted by Crippen LogP contribution is 2.01. The molecule has 3 nitrogen and oxygen atoms in total. The third-order valence-corrected chi connectivity index (χ3v) is 0.985. The van der Waals surface area contributed by atoms with Gasteiger partial charge in [0.1, 0.15) is 11.8 Å². The lowest BCUT2D eigenvalue weighted by atomic mass is 10.5. The fourth-order valence-electron chi connectivity index (χ4n) is 0.449. The van der Waals surface area contributed by atoms with E-state index in [0.29, 0.717) is 5.69 Å². The van der Waals surface area contributed by atoms with E-state index in [9.17, 15) is 5.11 Å². The van der Waals surface area contributed by atoms with E-state index in [-0.39, 0.29) is 11.8 Å². The van der Waals surface area contributed by atoms with Gasteiger partial charge in [-0.15, -0.1) is 0 Å². The molecule has 1 radical (unpaired) electrons. The van der Waals surface area contributed by atoms with E-state index in [2.05, 4.69) is 9.97 Å². The molecule has 1 rings (SSSR count). The van der Waals surface area contributed by atoms with Gasteiger partial charge in [0.15, 0.2) is 0 Å². The molecule has 47 valence electrons. The molecule has 0 unspecified atom stereocenters. The minimum Gasteiger partial charge on any atom is -0.260 e. The molecule has 0 saturated heterocycles. The summed E-state index contributed by atoms with van der Waals surface area (Å²) in [6.45, 7) is -0.368. The number of hydrogen-bond acceptors (Lipinski definition) is 2. The molecule has 0 saturated carbocycles. The lowest BCUT2D eigenvalue weighted by Crippen LogP contribution is -1.88. The Labute approximate surface area is 57.3 Å². The summed E-state index contributed by atoms with van der Waals surface area (Å²) in [7, 11) is 0. The minimum atomic E-state index is -0.368. The fraction of sp³-hybridized carbons (Fsp3) is 0.200. The fourth-order valence-corrected chi connectivity index (χ4v) is 0.614. The Balaban J connectivity index is 2.94. The Bertz CT molecular complexity index is 204. The zero-order valence-corrected chi connectivity index (χ0v) is 5.30. The van der Waals surface area contributed by atoms with Crippen molar-refractivity contribution in [3.63, 3.8) is 0 Å². The van der Waals surface area contributed by atoms with Crippen molar-refractivity contribution in [1.82, 2.24) is 9.97 Å². The van der Waals surface area contributed by atoms with Gasteiger partial charge in [0.05, 0.1) is 18.1 Å². The summed E-state index contributed by atoms with van der Waals surface area (Å²) in [5, 5.41) is 10.4. The quantitative estimate of drug-likeness (QED) is 0.590. The van der Waals surface area contributed by atoms with Crippen LogP contribution in [-0.4, -0.2) is 9.97 Å². The normalized spacial score (nSPS) is 9.56. The molecule has 0 aromatic carbocycles. The second-order valence-corrected chi connectivity index (χ2v) is 1.86. The first-order valence-corrected chi connectivity index (χ1v) is 2.75. The Hall–Kier alpha value is -0.670. The molecule has 1 aromatic heterocycles. The zero-order valence-electron chi connectivity index (χ0n) is 4.54. The lowest BCUT2D eigenvalue weighted by Gasteiger charge is -1.90. The van der Waals surface area contributed by atoms with E-state index < -0.39 is 0 Å². The van der Waals surface area contributed by atoms with Crippen molar-refractivity contribution in [2.45, 2.75) is 6.61 Å². The van der Waals surface area contributed by atoms with Gasteiger partial charge in [-0.25, -0.2) is 10.1 Å². The third kappa shape index (κ3) is 1.62. The van der Waals surface area contributed by atoms with Crippen LogP contribution in [0.25, 0.3) is 0 Å². The van der Waals surface area contributed by atoms with Crippen LogP contribution >= 0.6 is 11.6 Å². The Kier molecular flexibility index (Phi) is 1.97. The average molecular weight is 144 g/mol. The van der Waals surface area contributed by atoms with Crippen LogP contribution in [-0.2, 0) is 11.7 Å². The van der Waals surface area contributed by atoms with Crippen LogP contribution in [0.3, 0.4) is 0 Å². The van der Waals surface area contributed by atoms with Crippen LogP contribution < -0.4 is 0 Å². The number of halogens is 1. The molecule has 1 aromatic rings. The second kappa shape index (κ2) is 2.75. The summed E-state index contributed by atoms with van der Waals surface area (Å²) in [5.74, 6) is 0. The van der Waals surface area contributed by atoms with E-state index in [1.54, 1.807) is 0 Å². The molecule has 0 aliphatic rings. The summed E-state index contributed by atoms with van der Waals surface area (Å²) < 4.78 is 0. The van der Waals surface area contributed by atoms with Crippen molar-refractivity contribution in [2.75, 3.05) is 0 Å². The number of aromatic nitrogens is 2. The summed E-state index contributed by atoms with van der Waals surface area (Å²) >= 11 is 5.41. The van der Waals surface area contributed by atoms with Crippen molar-refractivity contribution in [2.24, 2.45) is 0 Å². The molecule has 0 N–H and O–H groups in total. The van der Waals surface area contributed by atoms with Crippen molar-refractivity contribution < 1.29 is 5.11 Å². The van der Waals surface area contributed by atoms with Gasteiger partial charge >= 0.3 is 0 Å². The van der Waals surface area contributed by atoms with Gasteiger partial charge in [-0.1, -0.05) is 11.6 Å². The summed E-state index contributed by atoms with van der Waals surface area (Å²) in [5.41, 5.74) is 0.377. The second-order valence-electron chi connectivity index (χ2n) is 1.48. The standard InChI is InChI=1S/C5H4ClN2O/c6-5-2-7-1-4(3-9)8-5/h1-2H,3H2. The van der Waals surface area contributed by atoms with Crippen molar-refractivity contribution in [3.8, 4) is 0 Å². The molecule has 1 heterocycles. The van der Waals surface area contributed by atoms with Crippen LogP contribution in [0.15, 0.2) is 12.4 Å². The third-order valence-electron chi connectivity index (χ3n) is 0.803. The Morgan fingerprint density at radius 1 is 1.56 bits per heavy atom.